The summed E-state index contributed by atoms with van der Waals surface area (Å²) in [6.45, 7) is 0. The Morgan fingerprint density at radius 2 is 2.08 bits per heavy atom. The molecule has 0 aliphatic heterocycles. The maximum Gasteiger partial charge on any atom is 0.334 e. The van der Waals surface area contributed by atoms with E-state index >= 15 is 0 Å². The van der Waals surface area contributed by atoms with Crippen LogP contribution < -0.4 is 5.69 Å². The van der Waals surface area contributed by atoms with Gasteiger partial charge in [-0.05, 0) is 23.7 Å². The molecule has 0 amide bonds. The molecule has 0 unspecified atom stereocenters. The molecule has 13 heavy (non-hydrogen) atoms. The van der Waals surface area contributed by atoms with Crippen molar-refractivity contribution in [3.8, 4) is 0 Å². The van der Waals surface area contributed by atoms with Gasteiger partial charge in [0, 0.05) is 0 Å². The van der Waals surface area contributed by atoms with Crippen LogP contribution in [0.1, 0.15) is 0 Å². The summed E-state index contributed by atoms with van der Waals surface area (Å²) in [6, 6.07) is 6.84. The third-order valence-corrected chi connectivity index (χ3v) is 1.93. The fourth-order valence-electron chi connectivity index (χ4n) is 1.23. The van der Waals surface area contributed by atoms with Crippen molar-refractivity contribution < 1.29 is 4.79 Å². The van der Waals surface area contributed by atoms with E-state index < -0.39 is 11.1 Å². The molecule has 1 N–H and O–H groups in total. The highest BCUT2D eigenvalue weighted by Crippen LogP contribution is 2.09. The van der Waals surface area contributed by atoms with Crippen LogP contribution in [0.15, 0.2) is 29.1 Å². The Balaban J connectivity index is 2.95. The minimum Gasteiger partial charge on any atom is -0.305 e. The van der Waals surface area contributed by atoms with Gasteiger partial charge in [0.15, 0.2) is 0 Å². The summed E-state index contributed by atoms with van der Waals surface area (Å²) in [5.41, 5.74) is 0.579. The Hall–Kier alpha value is -1.55. The molecule has 0 radical (unpaired) electrons. The number of nitrogens with zero attached hydrogens (tertiary/aromatic N) is 1. The lowest BCUT2D eigenvalue weighted by Gasteiger charge is -1.92. The van der Waals surface area contributed by atoms with E-state index in [1.165, 1.54) is 0 Å². The number of carbonyl (C=O) groups excluding carboxylic acids is 1. The lowest BCUT2D eigenvalue weighted by atomic mass is 10.3. The van der Waals surface area contributed by atoms with Crippen LogP contribution in [-0.2, 0) is 0 Å². The average molecular weight is 197 g/mol. The smallest absolute Gasteiger partial charge is 0.305 e. The minimum atomic E-state index is -0.803. The molecule has 1 aromatic heterocycles. The first-order valence-electron chi connectivity index (χ1n) is 3.60. The van der Waals surface area contributed by atoms with Crippen LogP contribution >= 0.6 is 11.6 Å². The predicted molar refractivity (Wildman–Crippen MR) is 49.2 cm³/mol. The number of halogens is 1. The number of hydrogen-bond donors (Lipinski definition) is 1. The molecule has 2 aromatic rings. The molecular formula is C8H5ClN2O2. The van der Waals surface area contributed by atoms with Crippen LogP contribution in [0.4, 0.5) is 4.79 Å². The molecule has 0 atom stereocenters. The van der Waals surface area contributed by atoms with E-state index in [1.54, 1.807) is 24.3 Å². The number of hydrogen-bond acceptors (Lipinski definition) is 2. The SMILES string of the molecule is O=C(Cl)n1c(=O)[nH]c2ccccc21. The second-order valence-corrected chi connectivity index (χ2v) is 2.86. The molecule has 0 saturated heterocycles. The summed E-state index contributed by atoms with van der Waals surface area (Å²) in [5, 5.41) is -0.803. The fourth-order valence-corrected chi connectivity index (χ4v) is 1.40. The number of aromatic nitrogens is 2. The van der Waals surface area contributed by atoms with Gasteiger partial charge in [0.05, 0.1) is 11.0 Å². The molecule has 1 aromatic carbocycles. The lowest BCUT2D eigenvalue weighted by Crippen LogP contribution is -2.19. The Bertz CT molecular complexity index is 526. The molecule has 4 nitrogen and oxygen atoms in total. The number of fused-ring (bicyclic) bond motifs is 1. The number of aromatic amines is 1. The number of benzene rings is 1. The first-order valence-corrected chi connectivity index (χ1v) is 3.97. The minimum absolute atomic E-state index is 0.493. The largest absolute Gasteiger partial charge is 0.334 e. The monoisotopic (exact) mass is 196 g/mol. The number of H-pyrrole nitrogens is 1. The molecule has 5 heteroatoms. The van der Waals surface area contributed by atoms with Crippen molar-refractivity contribution in [3.63, 3.8) is 0 Å². The van der Waals surface area contributed by atoms with E-state index in [0.717, 1.165) is 4.57 Å². The van der Waals surface area contributed by atoms with Gasteiger partial charge in [-0.1, -0.05) is 12.1 Å². The Labute approximate surface area is 77.7 Å². The molecule has 0 bridgehead atoms. The molecule has 0 fully saturated rings. The number of imidazole rings is 1. The van der Waals surface area contributed by atoms with Crippen LogP contribution in [0.2, 0.25) is 0 Å². The van der Waals surface area contributed by atoms with Gasteiger partial charge in [-0.2, -0.15) is 0 Å². The summed E-state index contributed by atoms with van der Waals surface area (Å²) in [7, 11) is 0. The zero-order valence-corrected chi connectivity index (χ0v) is 7.21. The summed E-state index contributed by atoms with van der Waals surface area (Å²) < 4.78 is 0.886. The van der Waals surface area contributed by atoms with Gasteiger partial charge in [-0.25, -0.2) is 9.36 Å². The van der Waals surface area contributed by atoms with Gasteiger partial charge >= 0.3 is 11.1 Å². The molecule has 66 valence electrons. The number of rotatable bonds is 0. The Morgan fingerprint density at radius 3 is 2.77 bits per heavy atom. The van der Waals surface area contributed by atoms with Crippen LogP contribution in [0, 0.1) is 0 Å². The number of carbonyl (C=O) groups is 1. The molecule has 0 aliphatic carbocycles. The highest BCUT2D eigenvalue weighted by molar-refractivity contribution is 6.63. The van der Waals surface area contributed by atoms with Crippen molar-refractivity contribution in [2.45, 2.75) is 0 Å². The molecule has 0 aliphatic rings. The molecule has 2 rings (SSSR count). The van der Waals surface area contributed by atoms with E-state index in [9.17, 15) is 9.59 Å². The Kier molecular flexibility index (Phi) is 1.70. The van der Waals surface area contributed by atoms with Crippen LogP contribution in [-0.4, -0.2) is 14.9 Å². The second kappa shape index (κ2) is 2.74. The van der Waals surface area contributed by atoms with Crippen LogP contribution in [0.5, 0.6) is 0 Å². The van der Waals surface area contributed by atoms with E-state index in [1.807, 2.05) is 0 Å². The normalized spacial score (nSPS) is 10.5. The van der Waals surface area contributed by atoms with Crippen molar-refractivity contribution in [2.75, 3.05) is 0 Å². The molecule has 1 heterocycles. The van der Waals surface area contributed by atoms with Gasteiger partial charge < -0.3 is 4.98 Å². The van der Waals surface area contributed by atoms with E-state index in [0.29, 0.717) is 11.0 Å². The summed E-state index contributed by atoms with van der Waals surface area (Å²) in [5.74, 6) is 0. The standard InChI is InChI=1S/C8H5ClN2O2/c9-7(12)11-6-4-2-1-3-5(6)10-8(11)13/h1-4H,(H,10,13). The number of para-hydroxylation sites is 2. The van der Waals surface area contributed by atoms with Crippen molar-refractivity contribution >= 4 is 28.0 Å². The quantitative estimate of drug-likeness (QED) is 0.650. The van der Waals surface area contributed by atoms with E-state index in [-0.39, 0.29) is 0 Å². The first kappa shape index (κ1) is 8.07. The predicted octanol–water partition coefficient (Wildman–Crippen LogP) is 1.54. The van der Waals surface area contributed by atoms with Gasteiger partial charge in [0.25, 0.3) is 0 Å². The van der Waals surface area contributed by atoms with Crippen molar-refractivity contribution in [2.24, 2.45) is 0 Å². The maximum atomic E-state index is 11.2. The van der Waals surface area contributed by atoms with Gasteiger partial charge in [0.1, 0.15) is 0 Å². The number of nitrogens with one attached hydrogen (secondary N) is 1. The van der Waals surface area contributed by atoms with Crippen molar-refractivity contribution in [1.29, 1.82) is 0 Å². The average Bonchev–Trinajstić information content (AvgIpc) is 2.39. The summed E-state index contributed by atoms with van der Waals surface area (Å²) in [4.78, 5) is 24.5. The summed E-state index contributed by atoms with van der Waals surface area (Å²) in [6.07, 6.45) is 0. The first-order chi connectivity index (χ1) is 6.20. The third-order valence-electron chi connectivity index (χ3n) is 1.77. The van der Waals surface area contributed by atoms with E-state index in [2.05, 4.69) is 4.98 Å². The highest BCUT2D eigenvalue weighted by atomic mass is 35.5. The zero-order valence-electron chi connectivity index (χ0n) is 6.45. The Morgan fingerprint density at radius 1 is 1.38 bits per heavy atom. The molecule has 0 saturated carbocycles. The topological polar surface area (TPSA) is 54.9 Å². The van der Waals surface area contributed by atoms with Gasteiger partial charge in [-0.15, -0.1) is 0 Å². The summed E-state index contributed by atoms with van der Waals surface area (Å²) >= 11 is 5.23. The van der Waals surface area contributed by atoms with Crippen molar-refractivity contribution in [3.05, 3.63) is 34.7 Å². The highest BCUT2D eigenvalue weighted by Gasteiger charge is 2.09. The van der Waals surface area contributed by atoms with Crippen LogP contribution in [0.3, 0.4) is 0 Å². The van der Waals surface area contributed by atoms with Crippen molar-refractivity contribution in [1.82, 2.24) is 9.55 Å². The molecular weight excluding hydrogens is 192 g/mol. The fraction of sp³-hybridized carbons (Fsp3) is 0. The molecule has 0 spiro atoms. The van der Waals surface area contributed by atoms with E-state index in [4.69, 9.17) is 11.6 Å². The van der Waals surface area contributed by atoms with Gasteiger partial charge in [0.2, 0.25) is 0 Å². The second-order valence-electron chi connectivity index (χ2n) is 2.54. The maximum absolute atomic E-state index is 11.2. The lowest BCUT2D eigenvalue weighted by molar-refractivity contribution is 0.261. The third kappa shape index (κ3) is 1.15. The zero-order chi connectivity index (χ0) is 9.42. The van der Waals surface area contributed by atoms with Gasteiger partial charge in [-0.3, -0.25) is 4.79 Å². The van der Waals surface area contributed by atoms with Crippen LogP contribution in [0.25, 0.3) is 11.0 Å².